The van der Waals surface area contributed by atoms with Gasteiger partial charge >= 0.3 is 6.03 Å². The van der Waals surface area contributed by atoms with Crippen LogP contribution in [0.1, 0.15) is 58.1 Å². The van der Waals surface area contributed by atoms with E-state index in [-0.39, 0.29) is 17.7 Å². The molecule has 0 spiro atoms. The van der Waals surface area contributed by atoms with E-state index in [0.29, 0.717) is 32.2 Å². The molecule has 1 aromatic rings. The summed E-state index contributed by atoms with van der Waals surface area (Å²) in [6, 6.07) is 0.123. The molecule has 1 N–H and O–H groups in total. The third kappa shape index (κ3) is 3.55. The Morgan fingerprint density at radius 1 is 1.50 bits per heavy atom. The number of morpholine rings is 1. The van der Waals surface area contributed by atoms with E-state index in [9.17, 15) is 4.79 Å². The van der Waals surface area contributed by atoms with Gasteiger partial charge in [0, 0.05) is 18.9 Å². The predicted molar refractivity (Wildman–Crippen MR) is 91.0 cm³/mol. The quantitative estimate of drug-likeness (QED) is 0.916. The maximum absolute atomic E-state index is 12.6. The van der Waals surface area contributed by atoms with Gasteiger partial charge in [-0.3, -0.25) is 0 Å². The molecule has 0 aliphatic carbocycles. The first-order valence-electron chi connectivity index (χ1n) is 9.03. The highest BCUT2D eigenvalue weighted by molar-refractivity contribution is 5.74. The summed E-state index contributed by atoms with van der Waals surface area (Å²) in [7, 11) is 0. The molecule has 0 unspecified atom stereocenters. The Balaban J connectivity index is 1.59. The van der Waals surface area contributed by atoms with Crippen molar-refractivity contribution in [2.24, 2.45) is 0 Å². The molecule has 0 bridgehead atoms. The summed E-state index contributed by atoms with van der Waals surface area (Å²) in [5.74, 6) is 2.26. The summed E-state index contributed by atoms with van der Waals surface area (Å²) in [6.07, 6.45) is 2.68. The van der Waals surface area contributed by atoms with Gasteiger partial charge in [-0.05, 0) is 19.8 Å². The van der Waals surface area contributed by atoms with Crippen LogP contribution in [0.15, 0.2) is 0 Å². The molecule has 1 fully saturated rings. The molecule has 1 saturated heterocycles. The van der Waals surface area contributed by atoms with E-state index < -0.39 is 0 Å². The molecule has 1 aromatic heterocycles. The van der Waals surface area contributed by atoms with Gasteiger partial charge in [-0.25, -0.2) is 14.5 Å². The molecule has 0 radical (unpaired) electrons. The van der Waals surface area contributed by atoms with Gasteiger partial charge in [-0.15, -0.1) is 0 Å². The lowest BCUT2D eigenvalue weighted by molar-refractivity contribution is -0.0875. The highest BCUT2D eigenvalue weighted by atomic mass is 16.5. The van der Waals surface area contributed by atoms with E-state index in [2.05, 4.69) is 43.1 Å². The topological polar surface area (TPSA) is 72.3 Å². The van der Waals surface area contributed by atoms with Crippen LogP contribution in [0.2, 0.25) is 0 Å². The minimum Gasteiger partial charge on any atom is -0.372 e. The summed E-state index contributed by atoms with van der Waals surface area (Å²) < 4.78 is 7.77. The molecule has 3 rings (SSSR count). The van der Waals surface area contributed by atoms with Crippen molar-refractivity contribution < 1.29 is 9.53 Å². The van der Waals surface area contributed by atoms with Crippen LogP contribution < -0.4 is 5.32 Å². The number of hydrogen-bond acceptors (Lipinski definition) is 4. The molecule has 2 aliphatic rings. The van der Waals surface area contributed by atoms with Crippen molar-refractivity contribution in [2.75, 3.05) is 19.7 Å². The Hall–Kier alpha value is -1.63. The van der Waals surface area contributed by atoms with Gasteiger partial charge < -0.3 is 15.0 Å². The second-order valence-electron chi connectivity index (χ2n) is 7.48. The largest absolute Gasteiger partial charge is 0.372 e. The number of aryl methyl sites for hydroxylation is 1. The Kier molecular flexibility index (Phi) is 4.80. The second-order valence-corrected chi connectivity index (χ2v) is 7.48. The normalized spacial score (nSPS) is 27.2. The molecule has 2 aliphatic heterocycles. The standard InChI is InChI=1S/C17H29N5O2/c1-5-17(4)11-21(8-9-24-17)16(23)18-13-6-7-14-19-15(12(2)3)20-22(14)10-13/h12-13H,5-11H2,1-4H3,(H,18,23)/t13-,17+/m1/s1. The monoisotopic (exact) mass is 335 g/mol. The van der Waals surface area contributed by atoms with Crippen LogP contribution in [0, 0.1) is 0 Å². The summed E-state index contributed by atoms with van der Waals surface area (Å²) in [5, 5.41) is 7.75. The second kappa shape index (κ2) is 6.70. The number of rotatable bonds is 3. The summed E-state index contributed by atoms with van der Waals surface area (Å²) >= 11 is 0. The average molecular weight is 335 g/mol. The van der Waals surface area contributed by atoms with Crippen molar-refractivity contribution in [1.82, 2.24) is 25.0 Å². The number of urea groups is 1. The number of carbonyl (C=O) groups excluding carboxylic acids is 1. The number of nitrogens with one attached hydrogen (secondary N) is 1. The number of aromatic nitrogens is 3. The van der Waals surface area contributed by atoms with E-state index in [1.54, 1.807) is 0 Å². The van der Waals surface area contributed by atoms with Crippen LogP contribution >= 0.6 is 0 Å². The SMILES string of the molecule is CC[C@@]1(C)CN(C(=O)N[C@@H]2CCc3nc(C(C)C)nn3C2)CCO1. The Labute approximate surface area is 143 Å². The van der Waals surface area contributed by atoms with Gasteiger partial charge in [0.05, 0.1) is 31.3 Å². The van der Waals surface area contributed by atoms with Crippen molar-refractivity contribution in [3.8, 4) is 0 Å². The zero-order valence-corrected chi connectivity index (χ0v) is 15.2. The molecule has 7 nitrogen and oxygen atoms in total. The number of nitrogens with zero attached hydrogens (tertiary/aromatic N) is 4. The van der Waals surface area contributed by atoms with Crippen molar-refractivity contribution >= 4 is 6.03 Å². The number of carbonyl (C=O) groups is 1. The van der Waals surface area contributed by atoms with E-state index in [4.69, 9.17) is 4.74 Å². The van der Waals surface area contributed by atoms with Crippen LogP contribution in [0.4, 0.5) is 4.79 Å². The van der Waals surface area contributed by atoms with Gasteiger partial charge in [0.1, 0.15) is 5.82 Å². The van der Waals surface area contributed by atoms with Crippen LogP contribution in [0.25, 0.3) is 0 Å². The van der Waals surface area contributed by atoms with Crippen molar-refractivity contribution in [3.63, 3.8) is 0 Å². The van der Waals surface area contributed by atoms with Crippen LogP contribution in [0.3, 0.4) is 0 Å². The van der Waals surface area contributed by atoms with E-state index in [0.717, 1.165) is 30.9 Å². The molecule has 7 heteroatoms. The van der Waals surface area contributed by atoms with Gasteiger partial charge in [-0.2, -0.15) is 5.10 Å². The summed E-state index contributed by atoms with van der Waals surface area (Å²) in [5.41, 5.74) is -0.229. The average Bonchev–Trinajstić information content (AvgIpc) is 2.98. The van der Waals surface area contributed by atoms with Crippen LogP contribution in [0.5, 0.6) is 0 Å². The highest BCUT2D eigenvalue weighted by Gasteiger charge is 2.33. The van der Waals surface area contributed by atoms with E-state index >= 15 is 0 Å². The van der Waals surface area contributed by atoms with Gasteiger partial charge in [0.15, 0.2) is 5.82 Å². The molecule has 2 atom stereocenters. The summed E-state index contributed by atoms with van der Waals surface area (Å²) in [6.45, 7) is 11.0. The molecule has 134 valence electrons. The van der Waals surface area contributed by atoms with Crippen LogP contribution in [-0.2, 0) is 17.7 Å². The molecule has 24 heavy (non-hydrogen) atoms. The lowest BCUT2D eigenvalue weighted by Gasteiger charge is -2.40. The maximum atomic E-state index is 12.6. The molecule has 2 amide bonds. The third-order valence-electron chi connectivity index (χ3n) is 5.09. The van der Waals surface area contributed by atoms with Crippen molar-refractivity contribution in [2.45, 2.75) is 71.1 Å². The van der Waals surface area contributed by atoms with Crippen LogP contribution in [-0.4, -0.2) is 57.0 Å². The minimum atomic E-state index is -0.229. The third-order valence-corrected chi connectivity index (χ3v) is 5.09. The maximum Gasteiger partial charge on any atom is 0.317 e. The number of hydrogen-bond donors (Lipinski definition) is 1. The minimum absolute atomic E-state index is 0.00984. The first-order chi connectivity index (χ1) is 11.4. The van der Waals surface area contributed by atoms with Crippen molar-refractivity contribution in [3.05, 3.63) is 11.6 Å². The zero-order valence-electron chi connectivity index (χ0n) is 15.2. The molecule has 3 heterocycles. The predicted octanol–water partition coefficient (Wildman–Crippen LogP) is 1.93. The Morgan fingerprint density at radius 2 is 2.29 bits per heavy atom. The molecule has 0 aromatic carbocycles. The van der Waals surface area contributed by atoms with E-state index in [1.807, 2.05) is 9.58 Å². The van der Waals surface area contributed by atoms with Gasteiger partial charge in [0.2, 0.25) is 0 Å². The Morgan fingerprint density at radius 3 is 3.00 bits per heavy atom. The lowest BCUT2D eigenvalue weighted by Crippen LogP contribution is -2.56. The lowest BCUT2D eigenvalue weighted by atomic mass is 10.0. The fourth-order valence-electron chi connectivity index (χ4n) is 3.27. The molecule has 0 saturated carbocycles. The number of fused-ring (bicyclic) bond motifs is 1. The highest BCUT2D eigenvalue weighted by Crippen LogP contribution is 2.22. The zero-order chi connectivity index (χ0) is 17.3. The fraction of sp³-hybridized carbons (Fsp3) is 0.824. The number of amides is 2. The summed E-state index contributed by atoms with van der Waals surface area (Å²) in [4.78, 5) is 19.1. The molecular formula is C17H29N5O2. The first kappa shape index (κ1) is 17.2. The van der Waals surface area contributed by atoms with Gasteiger partial charge in [0.25, 0.3) is 0 Å². The smallest absolute Gasteiger partial charge is 0.317 e. The number of ether oxygens (including phenoxy) is 1. The van der Waals surface area contributed by atoms with E-state index in [1.165, 1.54) is 0 Å². The molecular weight excluding hydrogens is 306 g/mol. The van der Waals surface area contributed by atoms with Gasteiger partial charge in [-0.1, -0.05) is 20.8 Å². The Bertz CT molecular complexity index is 600. The fourth-order valence-corrected chi connectivity index (χ4v) is 3.27. The van der Waals surface area contributed by atoms with Crippen molar-refractivity contribution in [1.29, 1.82) is 0 Å². The first-order valence-corrected chi connectivity index (χ1v) is 9.03.